The van der Waals surface area contributed by atoms with Crippen molar-refractivity contribution in [3.63, 3.8) is 0 Å². The van der Waals surface area contributed by atoms with Crippen LogP contribution >= 0.6 is 0 Å². The molecule has 0 unspecified atom stereocenters. The summed E-state index contributed by atoms with van der Waals surface area (Å²) in [5.74, 6) is -13.9. The number of hydrogen-bond donors (Lipinski definition) is 1. The molecule has 0 bridgehead atoms. The Labute approximate surface area is 103 Å². The van der Waals surface area contributed by atoms with Gasteiger partial charge in [-0.25, -0.2) is 26.7 Å². The lowest BCUT2D eigenvalue weighted by Gasteiger charge is -2.07. The molecule has 19 heavy (non-hydrogen) atoms. The van der Waals surface area contributed by atoms with E-state index in [1.54, 1.807) is 0 Å². The highest BCUT2D eigenvalue weighted by Gasteiger charge is 2.28. The standard InChI is InChI=1S/C11H7F5O3/c1-2-19-5(18)3-4(17)6-7(12)9(14)11(16)10(15)8(6)13/h3,17H,2H2,1H3. The van der Waals surface area contributed by atoms with E-state index in [2.05, 4.69) is 4.74 Å². The maximum atomic E-state index is 13.2. The van der Waals surface area contributed by atoms with Gasteiger partial charge in [-0.2, -0.15) is 0 Å². The van der Waals surface area contributed by atoms with Crippen molar-refractivity contribution < 1.29 is 36.6 Å². The van der Waals surface area contributed by atoms with E-state index >= 15 is 0 Å². The van der Waals surface area contributed by atoms with E-state index in [9.17, 15) is 31.9 Å². The molecule has 0 aliphatic heterocycles. The monoisotopic (exact) mass is 282 g/mol. The van der Waals surface area contributed by atoms with Gasteiger partial charge in [-0.15, -0.1) is 0 Å². The van der Waals surface area contributed by atoms with Crippen LogP contribution in [0.5, 0.6) is 0 Å². The van der Waals surface area contributed by atoms with Gasteiger partial charge in [0.1, 0.15) is 5.76 Å². The predicted molar refractivity (Wildman–Crippen MR) is 53.5 cm³/mol. The van der Waals surface area contributed by atoms with Crippen molar-refractivity contribution >= 4 is 11.7 Å². The Morgan fingerprint density at radius 2 is 1.47 bits per heavy atom. The summed E-state index contributed by atoms with van der Waals surface area (Å²) in [5, 5.41) is 9.24. The summed E-state index contributed by atoms with van der Waals surface area (Å²) in [7, 11) is 0. The number of ether oxygens (including phenoxy) is 1. The Bertz CT molecular complexity index is 525. The third-order valence-electron chi connectivity index (χ3n) is 2.01. The van der Waals surface area contributed by atoms with Crippen LogP contribution in [-0.2, 0) is 9.53 Å². The fourth-order valence-electron chi connectivity index (χ4n) is 1.20. The third-order valence-corrected chi connectivity index (χ3v) is 2.01. The van der Waals surface area contributed by atoms with Crippen LogP contribution in [-0.4, -0.2) is 17.7 Å². The highest BCUT2D eigenvalue weighted by Crippen LogP contribution is 2.27. The Morgan fingerprint density at radius 1 is 1.05 bits per heavy atom. The molecule has 1 aromatic carbocycles. The summed E-state index contributed by atoms with van der Waals surface area (Å²) >= 11 is 0. The molecule has 0 aliphatic rings. The fraction of sp³-hybridized carbons (Fsp3) is 0.182. The number of esters is 1. The number of carbonyl (C=O) groups excluding carboxylic acids is 1. The lowest BCUT2D eigenvalue weighted by atomic mass is 10.1. The first-order valence-electron chi connectivity index (χ1n) is 4.90. The first kappa shape index (κ1) is 14.9. The lowest BCUT2D eigenvalue weighted by molar-refractivity contribution is -0.137. The van der Waals surface area contributed by atoms with Crippen LogP contribution in [0.15, 0.2) is 6.08 Å². The minimum absolute atomic E-state index is 0.0975. The van der Waals surface area contributed by atoms with Crippen LogP contribution < -0.4 is 0 Å². The largest absolute Gasteiger partial charge is 0.507 e. The quantitative estimate of drug-likeness (QED) is 0.231. The van der Waals surface area contributed by atoms with E-state index in [-0.39, 0.29) is 12.7 Å². The van der Waals surface area contributed by atoms with Crippen LogP contribution in [0.3, 0.4) is 0 Å². The second-order valence-electron chi connectivity index (χ2n) is 3.23. The Kier molecular flexibility index (Phi) is 4.47. The number of benzene rings is 1. The Morgan fingerprint density at radius 3 is 1.89 bits per heavy atom. The van der Waals surface area contributed by atoms with E-state index < -0.39 is 46.4 Å². The maximum absolute atomic E-state index is 13.2. The molecule has 0 fully saturated rings. The third kappa shape index (κ3) is 2.83. The molecule has 0 spiro atoms. The van der Waals surface area contributed by atoms with Gasteiger partial charge in [0, 0.05) is 0 Å². The number of aliphatic hydroxyl groups excluding tert-OH is 1. The summed E-state index contributed by atoms with van der Waals surface area (Å²) in [6, 6.07) is 0. The Balaban J connectivity index is 3.39. The molecule has 0 radical (unpaired) electrons. The van der Waals surface area contributed by atoms with Crippen LogP contribution in [0.25, 0.3) is 5.76 Å². The summed E-state index contributed by atoms with van der Waals surface area (Å²) in [5.41, 5.74) is -1.59. The average Bonchev–Trinajstić information content (AvgIpc) is 2.34. The van der Waals surface area contributed by atoms with Crippen LogP contribution in [0.1, 0.15) is 12.5 Å². The molecule has 0 heterocycles. The summed E-state index contributed by atoms with van der Waals surface area (Å²) in [6.45, 7) is 1.32. The van der Waals surface area contributed by atoms with Crippen molar-refractivity contribution in [2.45, 2.75) is 6.92 Å². The average molecular weight is 282 g/mol. The van der Waals surface area contributed by atoms with Crippen molar-refractivity contribution in [1.29, 1.82) is 0 Å². The fourth-order valence-corrected chi connectivity index (χ4v) is 1.20. The number of halogens is 5. The van der Waals surface area contributed by atoms with Gasteiger partial charge in [-0.05, 0) is 6.92 Å². The van der Waals surface area contributed by atoms with Crippen molar-refractivity contribution in [2.75, 3.05) is 6.61 Å². The second kappa shape index (κ2) is 5.68. The molecular weight excluding hydrogens is 275 g/mol. The van der Waals surface area contributed by atoms with Gasteiger partial charge in [-0.1, -0.05) is 0 Å². The summed E-state index contributed by atoms with van der Waals surface area (Å²) in [4.78, 5) is 10.9. The number of rotatable bonds is 3. The molecule has 0 atom stereocenters. The van der Waals surface area contributed by atoms with Crippen LogP contribution in [0.4, 0.5) is 22.0 Å². The molecule has 1 N–H and O–H groups in total. The smallest absolute Gasteiger partial charge is 0.334 e. The molecular formula is C11H7F5O3. The zero-order valence-corrected chi connectivity index (χ0v) is 9.44. The summed E-state index contributed by atoms with van der Waals surface area (Å²) in [6.07, 6.45) is 0.210. The number of carbonyl (C=O) groups is 1. The molecule has 104 valence electrons. The zero-order valence-electron chi connectivity index (χ0n) is 9.44. The first-order valence-corrected chi connectivity index (χ1v) is 4.90. The van der Waals surface area contributed by atoms with Gasteiger partial charge >= 0.3 is 5.97 Å². The normalized spacial score (nSPS) is 11.6. The minimum atomic E-state index is -2.36. The van der Waals surface area contributed by atoms with Crippen molar-refractivity contribution in [1.82, 2.24) is 0 Å². The van der Waals surface area contributed by atoms with E-state index in [0.29, 0.717) is 0 Å². The molecule has 1 aromatic rings. The molecule has 0 aliphatic carbocycles. The number of hydrogen-bond acceptors (Lipinski definition) is 3. The topological polar surface area (TPSA) is 46.5 Å². The number of aliphatic hydroxyl groups is 1. The highest BCUT2D eigenvalue weighted by molar-refractivity contribution is 5.89. The minimum Gasteiger partial charge on any atom is -0.507 e. The van der Waals surface area contributed by atoms with Crippen LogP contribution in [0.2, 0.25) is 0 Å². The van der Waals surface area contributed by atoms with Gasteiger partial charge in [0.25, 0.3) is 0 Å². The molecule has 0 amide bonds. The highest BCUT2D eigenvalue weighted by atomic mass is 19.2. The predicted octanol–water partition coefficient (Wildman–Crippen LogP) is 2.84. The van der Waals surface area contributed by atoms with E-state index in [1.807, 2.05) is 0 Å². The van der Waals surface area contributed by atoms with Crippen molar-refractivity contribution in [3.8, 4) is 0 Å². The molecule has 0 aromatic heterocycles. The van der Waals surface area contributed by atoms with Gasteiger partial charge in [0.15, 0.2) is 23.3 Å². The first-order chi connectivity index (χ1) is 8.81. The van der Waals surface area contributed by atoms with E-state index in [4.69, 9.17) is 0 Å². The lowest BCUT2D eigenvalue weighted by Crippen LogP contribution is -2.08. The Hall–Kier alpha value is -2.12. The van der Waals surface area contributed by atoms with Crippen LogP contribution in [0, 0.1) is 29.1 Å². The molecule has 3 nitrogen and oxygen atoms in total. The maximum Gasteiger partial charge on any atom is 0.334 e. The zero-order chi connectivity index (χ0) is 14.7. The van der Waals surface area contributed by atoms with Gasteiger partial charge < -0.3 is 9.84 Å². The SMILES string of the molecule is CCOC(=O)C=C(O)c1c(F)c(F)c(F)c(F)c1F. The van der Waals surface area contributed by atoms with Gasteiger partial charge in [0.2, 0.25) is 5.82 Å². The molecule has 1 rings (SSSR count). The van der Waals surface area contributed by atoms with E-state index in [1.165, 1.54) is 6.92 Å². The van der Waals surface area contributed by atoms with Gasteiger partial charge in [0.05, 0.1) is 18.2 Å². The summed E-state index contributed by atoms with van der Waals surface area (Å²) < 4.78 is 69.1. The molecule has 0 saturated carbocycles. The van der Waals surface area contributed by atoms with Crippen molar-refractivity contribution in [2.24, 2.45) is 0 Å². The van der Waals surface area contributed by atoms with Crippen molar-refractivity contribution in [3.05, 3.63) is 40.7 Å². The second-order valence-corrected chi connectivity index (χ2v) is 3.23. The molecule has 0 saturated heterocycles. The molecule has 8 heteroatoms. The van der Waals surface area contributed by atoms with E-state index in [0.717, 1.165) is 0 Å². The van der Waals surface area contributed by atoms with Gasteiger partial charge in [-0.3, -0.25) is 0 Å².